The van der Waals surface area contributed by atoms with Gasteiger partial charge in [-0.3, -0.25) is 4.79 Å². The minimum Gasteiger partial charge on any atom is -0.464 e. The molecule has 0 radical (unpaired) electrons. The van der Waals surface area contributed by atoms with E-state index in [0.717, 1.165) is 16.5 Å². The Labute approximate surface area is 160 Å². The minimum atomic E-state index is -0.510. The van der Waals surface area contributed by atoms with Crippen molar-refractivity contribution in [2.24, 2.45) is 0 Å². The van der Waals surface area contributed by atoms with E-state index < -0.39 is 5.97 Å². The van der Waals surface area contributed by atoms with E-state index in [2.05, 4.69) is 15.1 Å². The van der Waals surface area contributed by atoms with Crippen molar-refractivity contribution in [2.75, 3.05) is 7.11 Å². The number of hydrogen-bond acceptors (Lipinski definition) is 6. The fourth-order valence-corrected chi connectivity index (χ4v) is 2.91. The number of carbonyl (C=O) groups is 2. The number of ketones is 1. The monoisotopic (exact) mass is 372 g/mol. The average molecular weight is 372 g/mol. The SMILES string of the molecule is COC(=O)c1cccc(-n2ncc3ccc(-c4cccc(C(C)=O)n4)cc32)n1. The zero-order valence-corrected chi connectivity index (χ0v) is 15.3. The summed E-state index contributed by atoms with van der Waals surface area (Å²) in [6.07, 6.45) is 1.73. The summed E-state index contributed by atoms with van der Waals surface area (Å²) in [7, 11) is 1.31. The summed E-state index contributed by atoms with van der Waals surface area (Å²) in [5.74, 6) is -0.0958. The van der Waals surface area contributed by atoms with Crippen LogP contribution in [0.4, 0.5) is 0 Å². The number of Topliss-reactive ketones (excluding diaryl/α,β-unsaturated/α-hetero) is 1. The van der Waals surface area contributed by atoms with Crippen LogP contribution in [0.1, 0.15) is 27.9 Å². The van der Waals surface area contributed by atoms with Crippen molar-refractivity contribution in [1.29, 1.82) is 0 Å². The molecule has 0 aliphatic rings. The first-order valence-corrected chi connectivity index (χ1v) is 8.59. The van der Waals surface area contributed by atoms with Gasteiger partial charge in [0.1, 0.15) is 5.69 Å². The van der Waals surface area contributed by atoms with E-state index in [0.29, 0.717) is 17.2 Å². The predicted molar refractivity (Wildman–Crippen MR) is 103 cm³/mol. The first-order chi connectivity index (χ1) is 13.6. The molecule has 0 aliphatic heterocycles. The highest BCUT2D eigenvalue weighted by atomic mass is 16.5. The van der Waals surface area contributed by atoms with E-state index in [1.807, 2.05) is 30.3 Å². The largest absolute Gasteiger partial charge is 0.464 e. The van der Waals surface area contributed by atoms with Gasteiger partial charge in [-0.15, -0.1) is 0 Å². The van der Waals surface area contributed by atoms with E-state index in [-0.39, 0.29) is 11.5 Å². The quantitative estimate of drug-likeness (QED) is 0.403. The lowest BCUT2D eigenvalue weighted by Gasteiger charge is -2.07. The second-order valence-electron chi connectivity index (χ2n) is 6.17. The highest BCUT2D eigenvalue weighted by Crippen LogP contribution is 2.25. The normalized spacial score (nSPS) is 10.8. The summed E-state index contributed by atoms with van der Waals surface area (Å²) >= 11 is 0. The Kier molecular flexibility index (Phi) is 4.41. The summed E-state index contributed by atoms with van der Waals surface area (Å²) in [5, 5.41) is 5.31. The third kappa shape index (κ3) is 3.14. The van der Waals surface area contributed by atoms with Gasteiger partial charge in [-0.25, -0.2) is 19.4 Å². The third-order valence-electron chi connectivity index (χ3n) is 4.32. The Hall–Kier alpha value is -3.87. The Morgan fingerprint density at radius 3 is 2.54 bits per heavy atom. The van der Waals surface area contributed by atoms with Gasteiger partial charge in [-0.05, 0) is 30.3 Å². The fourth-order valence-electron chi connectivity index (χ4n) is 2.91. The molecule has 4 aromatic rings. The Bertz CT molecular complexity index is 1210. The van der Waals surface area contributed by atoms with E-state index in [1.54, 1.807) is 35.1 Å². The topological polar surface area (TPSA) is 87.0 Å². The van der Waals surface area contributed by atoms with Gasteiger partial charge in [0.05, 0.1) is 24.5 Å². The molecule has 3 aromatic heterocycles. The average Bonchev–Trinajstić information content (AvgIpc) is 3.16. The second kappa shape index (κ2) is 7.03. The first kappa shape index (κ1) is 17.5. The highest BCUT2D eigenvalue weighted by molar-refractivity contribution is 5.93. The van der Waals surface area contributed by atoms with Crippen molar-refractivity contribution in [2.45, 2.75) is 6.92 Å². The molecule has 4 rings (SSSR count). The molecule has 0 unspecified atom stereocenters. The number of ether oxygens (including phenoxy) is 1. The molecule has 0 aliphatic carbocycles. The molecule has 3 heterocycles. The summed E-state index contributed by atoms with van der Waals surface area (Å²) < 4.78 is 6.39. The van der Waals surface area contributed by atoms with Crippen LogP contribution in [0.2, 0.25) is 0 Å². The molecular formula is C21H16N4O3. The molecule has 1 aromatic carbocycles. The van der Waals surface area contributed by atoms with Crippen molar-refractivity contribution in [3.8, 4) is 17.1 Å². The van der Waals surface area contributed by atoms with E-state index in [9.17, 15) is 9.59 Å². The first-order valence-electron chi connectivity index (χ1n) is 8.59. The van der Waals surface area contributed by atoms with Crippen molar-refractivity contribution < 1.29 is 14.3 Å². The molecule has 0 saturated heterocycles. The molecule has 0 atom stereocenters. The van der Waals surface area contributed by atoms with Gasteiger partial charge in [0, 0.05) is 17.9 Å². The number of pyridine rings is 2. The van der Waals surface area contributed by atoms with Gasteiger partial charge < -0.3 is 4.74 Å². The molecule has 0 N–H and O–H groups in total. The zero-order chi connectivity index (χ0) is 19.7. The number of esters is 1. The van der Waals surface area contributed by atoms with E-state index in [4.69, 9.17) is 4.74 Å². The van der Waals surface area contributed by atoms with Crippen LogP contribution in [0.15, 0.2) is 60.8 Å². The number of aromatic nitrogens is 4. The molecule has 28 heavy (non-hydrogen) atoms. The number of nitrogens with zero attached hydrogens (tertiary/aromatic N) is 4. The van der Waals surface area contributed by atoms with Crippen LogP contribution >= 0.6 is 0 Å². The van der Waals surface area contributed by atoms with Crippen LogP contribution in [-0.4, -0.2) is 38.6 Å². The van der Waals surface area contributed by atoms with Crippen LogP contribution in [0, 0.1) is 0 Å². The third-order valence-corrected chi connectivity index (χ3v) is 4.32. The summed E-state index contributed by atoms with van der Waals surface area (Å²) in [4.78, 5) is 32.2. The minimum absolute atomic E-state index is 0.0863. The van der Waals surface area contributed by atoms with Crippen LogP contribution in [0.25, 0.3) is 28.0 Å². The molecule has 0 bridgehead atoms. The van der Waals surface area contributed by atoms with E-state index >= 15 is 0 Å². The van der Waals surface area contributed by atoms with Crippen molar-refractivity contribution >= 4 is 22.7 Å². The number of fused-ring (bicyclic) bond motifs is 1. The summed E-state index contributed by atoms with van der Waals surface area (Å²) in [5.41, 5.74) is 2.97. The lowest BCUT2D eigenvalue weighted by Crippen LogP contribution is -2.07. The maximum atomic E-state index is 11.8. The fraction of sp³-hybridized carbons (Fsp3) is 0.0952. The Morgan fingerprint density at radius 2 is 1.75 bits per heavy atom. The maximum Gasteiger partial charge on any atom is 0.356 e. The molecule has 0 spiro atoms. The van der Waals surface area contributed by atoms with Gasteiger partial charge in [0.15, 0.2) is 17.3 Å². The smallest absolute Gasteiger partial charge is 0.356 e. The highest BCUT2D eigenvalue weighted by Gasteiger charge is 2.12. The van der Waals surface area contributed by atoms with Crippen LogP contribution < -0.4 is 0 Å². The molecule has 0 saturated carbocycles. The zero-order valence-electron chi connectivity index (χ0n) is 15.3. The molecule has 0 fully saturated rings. The molecular weight excluding hydrogens is 356 g/mol. The molecule has 7 heteroatoms. The number of carbonyl (C=O) groups excluding carboxylic acids is 2. The van der Waals surface area contributed by atoms with Gasteiger partial charge in [0.25, 0.3) is 0 Å². The summed E-state index contributed by atoms with van der Waals surface area (Å²) in [6, 6.07) is 16.2. The van der Waals surface area contributed by atoms with Gasteiger partial charge in [0.2, 0.25) is 0 Å². The molecule has 138 valence electrons. The van der Waals surface area contributed by atoms with Gasteiger partial charge >= 0.3 is 5.97 Å². The standard InChI is InChI=1S/C21H16N4O3/c1-13(26)16-5-3-6-17(23-16)14-9-10-15-12-22-25(19(15)11-14)20-8-4-7-18(24-20)21(27)28-2/h3-12H,1-2H3. The predicted octanol–water partition coefficient (Wildman–Crippen LogP) is 3.47. The second-order valence-corrected chi connectivity index (χ2v) is 6.17. The molecule has 0 amide bonds. The number of hydrogen-bond donors (Lipinski definition) is 0. The van der Waals surface area contributed by atoms with Crippen LogP contribution in [0.3, 0.4) is 0 Å². The number of methoxy groups -OCH3 is 1. The number of benzene rings is 1. The van der Waals surface area contributed by atoms with Crippen molar-refractivity contribution in [3.63, 3.8) is 0 Å². The lowest BCUT2D eigenvalue weighted by molar-refractivity contribution is 0.0594. The van der Waals surface area contributed by atoms with Gasteiger partial charge in [-0.2, -0.15) is 5.10 Å². The van der Waals surface area contributed by atoms with Crippen molar-refractivity contribution in [3.05, 3.63) is 72.2 Å². The van der Waals surface area contributed by atoms with Crippen LogP contribution in [-0.2, 0) is 4.74 Å². The van der Waals surface area contributed by atoms with Crippen LogP contribution in [0.5, 0.6) is 0 Å². The lowest BCUT2D eigenvalue weighted by atomic mass is 10.1. The number of rotatable bonds is 4. The van der Waals surface area contributed by atoms with Gasteiger partial charge in [-0.1, -0.05) is 24.3 Å². The Balaban J connectivity index is 1.82. The Morgan fingerprint density at radius 1 is 0.964 bits per heavy atom. The van der Waals surface area contributed by atoms with Crippen molar-refractivity contribution in [1.82, 2.24) is 19.7 Å². The van der Waals surface area contributed by atoms with E-state index in [1.165, 1.54) is 14.0 Å². The maximum absolute atomic E-state index is 11.8. The molecule has 7 nitrogen and oxygen atoms in total. The summed E-state index contributed by atoms with van der Waals surface area (Å²) in [6.45, 7) is 1.49.